The summed E-state index contributed by atoms with van der Waals surface area (Å²) in [5.41, 5.74) is -1.86. The molecule has 28 heavy (non-hydrogen) atoms. The van der Waals surface area contributed by atoms with E-state index in [1.807, 2.05) is 20.8 Å². The van der Waals surface area contributed by atoms with Gasteiger partial charge in [-0.3, -0.25) is 14.4 Å². The Hall–Kier alpha value is -1.53. The van der Waals surface area contributed by atoms with E-state index in [2.05, 4.69) is 6.58 Å². The van der Waals surface area contributed by atoms with Crippen LogP contribution in [0.3, 0.4) is 0 Å². The van der Waals surface area contributed by atoms with E-state index >= 15 is 0 Å². The van der Waals surface area contributed by atoms with Crippen LogP contribution in [-0.4, -0.2) is 46.6 Å². The molecule has 6 heteroatoms. The van der Waals surface area contributed by atoms with Crippen LogP contribution in [0.2, 0.25) is 0 Å². The maximum atomic E-state index is 13.3. The average Bonchev–Trinajstić information content (AvgIpc) is 3.31. The van der Waals surface area contributed by atoms with Gasteiger partial charge in [0.1, 0.15) is 18.0 Å². The minimum Gasteiger partial charge on any atom is -0.462 e. The Morgan fingerprint density at radius 3 is 2.57 bits per heavy atom. The number of aliphatic hydroxyl groups excluding tert-OH is 1. The standard InChI is InChI=1S/C22H30O6/c1-11-13-6-7-15(24)21(5)9-8-17(27-12(2)23)20(3,4)14(21)10-16(25)22(18(11)26)19(13)28-22/h13-14,16-17,19,25H,1,6-10H2,2-5H3/t13-,14+,16+,17-,19?,21+,22?/m0/s1. The van der Waals surface area contributed by atoms with Crippen LogP contribution in [0.5, 0.6) is 0 Å². The Morgan fingerprint density at radius 1 is 1.25 bits per heavy atom. The third kappa shape index (κ3) is 2.43. The van der Waals surface area contributed by atoms with Gasteiger partial charge >= 0.3 is 5.97 Å². The molecule has 3 aliphatic carbocycles. The van der Waals surface area contributed by atoms with Gasteiger partial charge in [0.05, 0.1) is 6.10 Å². The van der Waals surface area contributed by atoms with E-state index in [1.54, 1.807) is 0 Å². The van der Waals surface area contributed by atoms with Gasteiger partial charge in [-0.2, -0.15) is 0 Å². The van der Waals surface area contributed by atoms with E-state index in [-0.39, 0.29) is 48.0 Å². The van der Waals surface area contributed by atoms with Gasteiger partial charge in [-0.15, -0.1) is 0 Å². The molecule has 0 aromatic heterocycles. The Balaban J connectivity index is 1.74. The SMILES string of the molecule is C=C1C(=O)C23OC2[C@H]1CCC(=O)[C@]1(C)CC[C@H](OC(C)=O)C(C)(C)[C@H]1C[C@H]3O. The molecule has 0 amide bonds. The van der Waals surface area contributed by atoms with Crippen LogP contribution >= 0.6 is 0 Å². The Kier molecular flexibility index (Phi) is 4.23. The highest BCUT2D eigenvalue weighted by Gasteiger charge is 2.75. The average molecular weight is 390 g/mol. The normalized spacial score (nSPS) is 47.2. The van der Waals surface area contributed by atoms with Crippen LogP contribution in [0.4, 0.5) is 0 Å². The molecule has 2 unspecified atom stereocenters. The Labute approximate surface area is 165 Å². The van der Waals surface area contributed by atoms with Crippen molar-refractivity contribution < 1.29 is 29.0 Å². The highest BCUT2D eigenvalue weighted by molar-refractivity contribution is 6.08. The lowest BCUT2D eigenvalue weighted by molar-refractivity contribution is -0.174. The number of esters is 1. The van der Waals surface area contributed by atoms with Crippen molar-refractivity contribution in [2.24, 2.45) is 22.7 Å². The summed E-state index contributed by atoms with van der Waals surface area (Å²) in [4.78, 5) is 37.8. The molecule has 4 fully saturated rings. The zero-order chi connectivity index (χ0) is 20.6. The predicted octanol–water partition coefficient (Wildman–Crippen LogP) is 2.37. The van der Waals surface area contributed by atoms with Gasteiger partial charge in [0, 0.05) is 30.1 Å². The summed E-state index contributed by atoms with van der Waals surface area (Å²) in [6, 6.07) is 0. The summed E-state index contributed by atoms with van der Waals surface area (Å²) in [5.74, 6) is -0.826. The van der Waals surface area contributed by atoms with Gasteiger partial charge in [0.25, 0.3) is 0 Å². The van der Waals surface area contributed by atoms with Crippen molar-refractivity contribution in [2.45, 2.75) is 83.7 Å². The number of carbonyl (C=O) groups excluding carboxylic acids is 3. The van der Waals surface area contributed by atoms with E-state index in [0.29, 0.717) is 31.3 Å². The van der Waals surface area contributed by atoms with E-state index in [0.717, 1.165) is 0 Å². The first kappa shape index (κ1) is 19.8. The quantitative estimate of drug-likeness (QED) is 0.420. The maximum absolute atomic E-state index is 13.3. The van der Waals surface area contributed by atoms with Crippen LogP contribution in [0.25, 0.3) is 0 Å². The smallest absolute Gasteiger partial charge is 0.302 e. The fourth-order valence-corrected chi connectivity index (χ4v) is 6.39. The van der Waals surface area contributed by atoms with Crippen LogP contribution < -0.4 is 0 Å². The van der Waals surface area contributed by atoms with Gasteiger partial charge < -0.3 is 14.6 Å². The number of fused-ring (bicyclic) bond motifs is 1. The van der Waals surface area contributed by atoms with Crippen LogP contribution in [0, 0.1) is 22.7 Å². The van der Waals surface area contributed by atoms with Crippen molar-refractivity contribution in [2.75, 3.05) is 0 Å². The molecule has 154 valence electrons. The molecule has 0 aromatic carbocycles. The molecule has 6 nitrogen and oxygen atoms in total. The molecular weight excluding hydrogens is 360 g/mol. The zero-order valence-corrected chi connectivity index (χ0v) is 17.1. The summed E-state index contributed by atoms with van der Waals surface area (Å²) < 4.78 is 11.4. The number of aliphatic hydroxyl groups is 1. The number of Topliss-reactive ketones (excluding diaryl/α,β-unsaturated/α-hetero) is 2. The number of hydrogen-bond acceptors (Lipinski definition) is 6. The maximum Gasteiger partial charge on any atom is 0.302 e. The highest BCUT2D eigenvalue weighted by atomic mass is 16.6. The lowest BCUT2D eigenvalue weighted by Crippen LogP contribution is -2.56. The van der Waals surface area contributed by atoms with Gasteiger partial charge in [0.15, 0.2) is 11.4 Å². The molecule has 4 aliphatic rings. The fourth-order valence-electron chi connectivity index (χ4n) is 6.39. The second kappa shape index (κ2) is 5.99. The van der Waals surface area contributed by atoms with E-state index in [9.17, 15) is 19.5 Å². The first-order chi connectivity index (χ1) is 13.0. The zero-order valence-electron chi connectivity index (χ0n) is 17.1. The molecule has 0 radical (unpaired) electrons. The van der Waals surface area contributed by atoms with Gasteiger partial charge in [0.2, 0.25) is 0 Å². The van der Waals surface area contributed by atoms with Gasteiger partial charge in [-0.25, -0.2) is 0 Å². The minimum absolute atomic E-state index is 0.152. The Morgan fingerprint density at radius 2 is 1.93 bits per heavy atom. The van der Waals surface area contributed by atoms with Crippen molar-refractivity contribution in [1.82, 2.24) is 0 Å². The summed E-state index contributed by atoms with van der Waals surface area (Å²) in [5, 5.41) is 11.1. The molecule has 1 heterocycles. The summed E-state index contributed by atoms with van der Waals surface area (Å²) >= 11 is 0. The second-order valence-corrected chi connectivity index (χ2v) is 9.93. The van der Waals surface area contributed by atoms with Crippen molar-refractivity contribution in [3.05, 3.63) is 12.2 Å². The number of rotatable bonds is 1. The molecule has 1 aliphatic heterocycles. The molecule has 3 saturated carbocycles. The number of hydrogen-bond donors (Lipinski definition) is 1. The van der Waals surface area contributed by atoms with Crippen LogP contribution in [0.1, 0.15) is 59.8 Å². The van der Waals surface area contributed by atoms with Crippen molar-refractivity contribution in [3.63, 3.8) is 0 Å². The fraction of sp³-hybridized carbons (Fsp3) is 0.773. The van der Waals surface area contributed by atoms with Crippen LogP contribution in [-0.2, 0) is 23.9 Å². The molecule has 0 aromatic rings. The number of epoxide rings is 1. The summed E-state index contributed by atoms with van der Waals surface area (Å²) in [6.07, 6.45) is 0.662. The van der Waals surface area contributed by atoms with Crippen molar-refractivity contribution in [1.29, 1.82) is 0 Å². The second-order valence-electron chi connectivity index (χ2n) is 9.93. The third-order valence-electron chi connectivity index (χ3n) is 8.15. The Bertz CT molecular complexity index is 769. The lowest BCUT2D eigenvalue weighted by Gasteiger charge is -2.54. The van der Waals surface area contributed by atoms with Crippen LogP contribution in [0.15, 0.2) is 12.2 Å². The molecule has 2 bridgehead atoms. The molecule has 1 N–H and O–H groups in total. The van der Waals surface area contributed by atoms with Gasteiger partial charge in [-0.1, -0.05) is 27.4 Å². The number of ketones is 2. The third-order valence-corrected chi connectivity index (χ3v) is 8.15. The summed E-state index contributed by atoms with van der Waals surface area (Å²) in [7, 11) is 0. The van der Waals surface area contributed by atoms with Crippen molar-refractivity contribution in [3.8, 4) is 0 Å². The first-order valence-electron chi connectivity index (χ1n) is 10.3. The topological polar surface area (TPSA) is 93.2 Å². The molecular formula is C22H30O6. The summed E-state index contributed by atoms with van der Waals surface area (Å²) in [6.45, 7) is 11.3. The van der Waals surface area contributed by atoms with E-state index in [4.69, 9.17) is 9.47 Å². The van der Waals surface area contributed by atoms with Crippen molar-refractivity contribution >= 4 is 17.5 Å². The molecule has 7 atom stereocenters. The molecule has 0 spiro atoms. The largest absolute Gasteiger partial charge is 0.462 e. The van der Waals surface area contributed by atoms with Gasteiger partial charge in [-0.05, 0) is 37.2 Å². The van der Waals surface area contributed by atoms with E-state index in [1.165, 1.54) is 6.92 Å². The molecule has 1 saturated heterocycles. The molecule has 4 rings (SSSR count). The number of ether oxygens (including phenoxy) is 2. The van der Waals surface area contributed by atoms with E-state index < -0.39 is 22.5 Å². The highest BCUT2D eigenvalue weighted by Crippen LogP contribution is 2.61. The number of carbonyl (C=O) groups is 3. The first-order valence-corrected chi connectivity index (χ1v) is 10.3. The predicted molar refractivity (Wildman–Crippen MR) is 100 cm³/mol. The lowest BCUT2D eigenvalue weighted by atomic mass is 9.51. The minimum atomic E-state index is -1.19. The monoisotopic (exact) mass is 390 g/mol.